The van der Waals surface area contributed by atoms with E-state index in [9.17, 15) is 14.7 Å². The fraction of sp³-hybridized carbons (Fsp3) is 0.529. The van der Waals surface area contributed by atoms with Crippen LogP contribution in [0.2, 0.25) is 0 Å². The van der Waals surface area contributed by atoms with Gasteiger partial charge in [-0.3, -0.25) is 9.59 Å². The molecule has 5 nitrogen and oxygen atoms in total. The molecule has 1 unspecified atom stereocenters. The Kier molecular flexibility index (Phi) is 3.91. The summed E-state index contributed by atoms with van der Waals surface area (Å²) in [5, 5.41) is 13.4. The van der Waals surface area contributed by atoms with E-state index >= 15 is 0 Å². The van der Waals surface area contributed by atoms with Gasteiger partial charge in [0.2, 0.25) is 5.91 Å². The van der Waals surface area contributed by atoms with E-state index < -0.39 is 5.60 Å². The molecule has 22 heavy (non-hydrogen) atoms. The van der Waals surface area contributed by atoms with Crippen molar-refractivity contribution in [2.45, 2.75) is 50.7 Å². The first kappa shape index (κ1) is 15.0. The van der Waals surface area contributed by atoms with Crippen molar-refractivity contribution in [2.24, 2.45) is 0 Å². The average Bonchev–Trinajstić information content (AvgIpc) is 2.95. The maximum absolute atomic E-state index is 12.4. The largest absolute Gasteiger partial charge is 0.380 e. The molecule has 0 bridgehead atoms. The molecule has 1 aromatic rings. The van der Waals surface area contributed by atoms with E-state index in [4.69, 9.17) is 0 Å². The van der Waals surface area contributed by atoms with Gasteiger partial charge in [0, 0.05) is 19.2 Å². The maximum Gasteiger partial charge on any atom is 0.252 e. The predicted octanol–water partition coefficient (Wildman–Crippen LogP) is 1.91. The molecular formula is C17H22N2O3. The number of rotatable bonds is 2. The Labute approximate surface area is 130 Å². The minimum absolute atomic E-state index is 0.00616. The zero-order chi connectivity index (χ0) is 15.7. The SMILES string of the molecule is CC(=O)N1CCC(NC(=O)C2(O)CCCC2)c2ccccc21. The third-order valence-electron chi connectivity index (χ3n) is 4.78. The Morgan fingerprint density at radius 2 is 1.95 bits per heavy atom. The van der Waals surface area contributed by atoms with Gasteiger partial charge in [-0.1, -0.05) is 18.2 Å². The summed E-state index contributed by atoms with van der Waals surface area (Å²) >= 11 is 0. The summed E-state index contributed by atoms with van der Waals surface area (Å²) in [4.78, 5) is 25.9. The molecule has 0 aromatic heterocycles. The molecule has 1 aliphatic heterocycles. The quantitative estimate of drug-likeness (QED) is 0.876. The topological polar surface area (TPSA) is 69.6 Å². The summed E-state index contributed by atoms with van der Waals surface area (Å²) in [6, 6.07) is 7.49. The van der Waals surface area contributed by atoms with Gasteiger partial charge in [0.25, 0.3) is 5.91 Å². The lowest BCUT2D eigenvalue weighted by atomic mass is 9.94. The molecule has 1 atom stereocenters. The van der Waals surface area contributed by atoms with Gasteiger partial charge in [0.05, 0.1) is 6.04 Å². The highest BCUT2D eigenvalue weighted by Crippen LogP contribution is 2.35. The van der Waals surface area contributed by atoms with Gasteiger partial charge in [-0.2, -0.15) is 0 Å². The number of aliphatic hydroxyl groups is 1. The van der Waals surface area contributed by atoms with Crippen molar-refractivity contribution in [3.63, 3.8) is 0 Å². The second-order valence-electron chi connectivity index (χ2n) is 6.28. The maximum atomic E-state index is 12.4. The molecule has 5 heteroatoms. The lowest BCUT2D eigenvalue weighted by Crippen LogP contribution is -2.48. The molecule has 1 aliphatic carbocycles. The van der Waals surface area contributed by atoms with Crippen molar-refractivity contribution in [3.05, 3.63) is 29.8 Å². The fourth-order valence-electron chi connectivity index (χ4n) is 3.52. The first-order chi connectivity index (χ1) is 10.5. The second kappa shape index (κ2) is 5.72. The molecule has 3 rings (SSSR count). The van der Waals surface area contributed by atoms with Gasteiger partial charge in [0.15, 0.2) is 0 Å². The van der Waals surface area contributed by atoms with Crippen LogP contribution in [0.25, 0.3) is 0 Å². The lowest BCUT2D eigenvalue weighted by Gasteiger charge is -2.35. The van der Waals surface area contributed by atoms with E-state index in [2.05, 4.69) is 5.32 Å². The van der Waals surface area contributed by atoms with Crippen LogP contribution in [0, 0.1) is 0 Å². The number of hydrogen-bond donors (Lipinski definition) is 2. The molecule has 0 saturated heterocycles. The number of nitrogens with one attached hydrogen (secondary N) is 1. The second-order valence-corrected chi connectivity index (χ2v) is 6.28. The number of fused-ring (bicyclic) bond motifs is 1. The number of anilines is 1. The lowest BCUT2D eigenvalue weighted by molar-refractivity contribution is -0.140. The number of carbonyl (C=O) groups is 2. The minimum Gasteiger partial charge on any atom is -0.380 e. The number of amides is 2. The van der Waals surface area contributed by atoms with E-state index in [1.807, 2.05) is 24.3 Å². The standard InChI is InChI=1S/C17H22N2O3/c1-12(20)19-11-8-14(13-6-2-3-7-15(13)19)18-16(21)17(22)9-4-5-10-17/h2-3,6-7,14,22H,4-5,8-11H2,1H3,(H,18,21). The minimum atomic E-state index is -1.22. The van der Waals surface area contributed by atoms with Gasteiger partial charge in [-0.05, 0) is 43.7 Å². The van der Waals surface area contributed by atoms with Crippen LogP contribution < -0.4 is 10.2 Å². The smallest absolute Gasteiger partial charge is 0.252 e. The Morgan fingerprint density at radius 1 is 1.27 bits per heavy atom. The van der Waals surface area contributed by atoms with Gasteiger partial charge in [-0.15, -0.1) is 0 Å². The highest BCUT2D eigenvalue weighted by Gasteiger charge is 2.40. The summed E-state index contributed by atoms with van der Waals surface area (Å²) in [6.07, 6.45) is 3.52. The molecule has 2 amide bonds. The van der Waals surface area contributed by atoms with E-state index in [1.54, 1.807) is 11.8 Å². The Morgan fingerprint density at radius 3 is 2.64 bits per heavy atom. The van der Waals surface area contributed by atoms with Crippen LogP contribution in [0.1, 0.15) is 50.6 Å². The van der Waals surface area contributed by atoms with Crippen molar-refractivity contribution >= 4 is 17.5 Å². The molecule has 2 N–H and O–H groups in total. The highest BCUT2D eigenvalue weighted by molar-refractivity contribution is 5.93. The molecule has 1 aromatic carbocycles. The molecule has 1 saturated carbocycles. The first-order valence-electron chi connectivity index (χ1n) is 7.92. The number of hydrogen-bond acceptors (Lipinski definition) is 3. The summed E-state index contributed by atoms with van der Waals surface area (Å²) in [5.41, 5.74) is 0.580. The molecule has 0 spiro atoms. The third-order valence-corrected chi connectivity index (χ3v) is 4.78. The molecule has 1 heterocycles. The molecule has 1 fully saturated rings. The van der Waals surface area contributed by atoms with Crippen molar-refractivity contribution in [3.8, 4) is 0 Å². The van der Waals surface area contributed by atoms with Crippen LogP contribution in [-0.4, -0.2) is 29.1 Å². The highest BCUT2D eigenvalue weighted by atomic mass is 16.3. The monoisotopic (exact) mass is 302 g/mol. The number of para-hydroxylation sites is 1. The summed E-state index contributed by atoms with van der Waals surface area (Å²) in [5.74, 6) is -0.271. The van der Waals surface area contributed by atoms with Crippen molar-refractivity contribution in [2.75, 3.05) is 11.4 Å². The zero-order valence-electron chi connectivity index (χ0n) is 12.8. The van der Waals surface area contributed by atoms with E-state index in [0.29, 0.717) is 25.8 Å². The number of nitrogens with zero attached hydrogens (tertiary/aromatic N) is 1. The van der Waals surface area contributed by atoms with Crippen LogP contribution in [-0.2, 0) is 9.59 Å². The van der Waals surface area contributed by atoms with Gasteiger partial charge in [-0.25, -0.2) is 0 Å². The van der Waals surface area contributed by atoms with Crippen LogP contribution >= 0.6 is 0 Å². The zero-order valence-corrected chi connectivity index (χ0v) is 12.8. The molecule has 118 valence electrons. The fourth-order valence-corrected chi connectivity index (χ4v) is 3.52. The normalized spacial score (nSPS) is 23.0. The summed E-state index contributed by atoms with van der Waals surface area (Å²) in [7, 11) is 0. The predicted molar refractivity (Wildman–Crippen MR) is 83.4 cm³/mol. The Balaban J connectivity index is 1.82. The van der Waals surface area contributed by atoms with Gasteiger partial charge < -0.3 is 15.3 Å². The number of carbonyl (C=O) groups excluding carboxylic acids is 2. The molecular weight excluding hydrogens is 280 g/mol. The Hall–Kier alpha value is -1.88. The number of benzene rings is 1. The van der Waals surface area contributed by atoms with Crippen molar-refractivity contribution in [1.29, 1.82) is 0 Å². The van der Waals surface area contributed by atoms with Crippen LogP contribution in [0.15, 0.2) is 24.3 Å². The van der Waals surface area contributed by atoms with Gasteiger partial charge >= 0.3 is 0 Å². The van der Waals surface area contributed by atoms with Crippen LogP contribution in [0.4, 0.5) is 5.69 Å². The van der Waals surface area contributed by atoms with Crippen LogP contribution in [0.3, 0.4) is 0 Å². The van der Waals surface area contributed by atoms with E-state index in [0.717, 1.165) is 24.1 Å². The van der Waals surface area contributed by atoms with E-state index in [1.165, 1.54) is 0 Å². The first-order valence-corrected chi connectivity index (χ1v) is 7.92. The van der Waals surface area contributed by atoms with E-state index in [-0.39, 0.29) is 17.9 Å². The average molecular weight is 302 g/mol. The third kappa shape index (κ3) is 2.61. The van der Waals surface area contributed by atoms with Crippen molar-refractivity contribution < 1.29 is 14.7 Å². The molecule has 2 aliphatic rings. The van der Waals surface area contributed by atoms with Gasteiger partial charge in [0.1, 0.15) is 5.60 Å². The van der Waals surface area contributed by atoms with Crippen molar-refractivity contribution in [1.82, 2.24) is 5.32 Å². The summed E-state index contributed by atoms with van der Waals surface area (Å²) < 4.78 is 0. The summed E-state index contributed by atoms with van der Waals surface area (Å²) in [6.45, 7) is 2.13. The Bertz CT molecular complexity index is 593. The molecule has 0 radical (unpaired) electrons. The van der Waals surface area contributed by atoms with Crippen LogP contribution in [0.5, 0.6) is 0 Å².